The third-order valence-electron chi connectivity index (χ3n) is 2.40. The van der Waals surface area contributed by atoms with Crippen LogP contribution in [0, 0.1) is 17.2 Å². The quantitative estimate of drug-likeness (QED) is 0.761. The monoisotopic (exact) mass is 231 g/mol. The van der Waals surface area contributed by atoms with Crippen molar-refractivity contribution in [1.29, 1.82) is 5.26 Å². The second kappa shape index (κ2) is 4.37. The molecule has 1 aromatic heterocycles. The number of nitrogens with zero attached hydrogens (tertiary/aromatic N) is 3. The van der Waals surface area contributed by atoms with Crippen molar-refractivity contribution in [2.75, 3.05) is 0 Å². The van der Waals surface area contributed by atoms with Gasteiger partial charge in [-0.3, -0.25) is 4.79 Å². The van der Waals surface area contributed by atoms with E-state index in [9.17, 15) is 4.79 Å². The molecule has 1 heterocycles. The number of aromatic nitrogens is 2. The summed E-state index contributed by atoms with van der Waals surface area (Å²) in [5.41, 5.74) is 1.94. The summed E-state index contributed by atoms with van der Waals surface area (Å²) in [7, 11) is 0. The summed E-state index contributed by atoms with van der Waals surface area (Å²) in [6, 6.07) is 7.35. The first-order valence-electron chi connectivity index (χ1n) is 4.86. The number of ketones is 1. The summed E-state index contributed by atoms with van der Waals surface area (Å²) in [4.78, 5) is 12.0. The molecule has 2 aromatic rings. The van der Waals surface area contributed by atoms with Crippen LogP contribution in [0.25, 0.3) is 11.0 Å². The van der Waals surface area contributed by atoms with E-state index in [2.05, 4.69) is 8.75 Å². The number of hydrogen-bond donors (Lipinski definition) is 0. The molecule has 80 valence electrons. The Bertz CT molecular complexity index is 570. The maximum absolute atomic E-state index is 12.0. The molecule has 0 bridgehead atoms. The Morgan fingerprint density at radius 3 is 3.12 bits per heavy atom. The normalized spacial score (nSPS) is 12.2. The van der Waals surface area contributed by atoms with Crippen molar-refractivity contribution in [3.8, 4) is 6.07 Å². The Labute approximate surface area is 96.9 Å². The van der Waals surface area contributed by atoms with Crippen molar-refractivity contribution in [3.63, 3.8) is 0 Å². The van der Waals surface area contributed by atoms with Crippen LogP contribution in [0.4, 0.5) is 0 Å². The van der Waals surface area contributed by atoms with E-state index in [1.165, 1.54) is 0 Å². The SMILES string of the molecule is CC(CC#N)C(=O)c1cccc2nsnc12. The van der Waals surface area contributed by atoms with Crippen LogP contribution in [-0.2, 0) is 0 Å². The molecule has 0 amide bonds. The fourth-order valence-corrected chi connectivity index (χ4v) is 2.05. The zero-order valence-corrected chi connectivity index (χ0v) is 9.49. The molecule has 0 aliphatic rings. The number of fused-ring (bicyclic) bond motifs is 1. The van der Waals surface area contributed by atoms with Gasteiger partial charge in [0.2, 0.25) is 0 Å². The minimum atomic E-state index is -0.294. The molecule has 0 N–H and O–H groups in total. The molecule has 1 aromatic carbocycles. The van der Waals surface area contributed by atoms with Gasteiger partial charge in [-0.15, -0.1) is 0 Å². The molecule has 0 saturated heterocycles. The average Bonchev–Trinajstić information content (AvgIpc) is 2.76. The van der Waals surface area contributed by atoms with Crippen molar-refractivity contribution in [3.05, 3.63) is 23.8 Å². The van der Waals surface area contributed by atoms with Gasteiger partial charge in [0.25, 0.3) is 0 Å². The molecule has 0 aliphatic carbocycles. The van der Waals surface area contributed by atoms with Gasteiger partial charge >= 0.3 is 0 Å². The predicted molar refractivity (Wildman–Crippen MR) is 61.1 cm³/mol. The van der Waals surface area contributed by atoms with Crippen LogP contribution in [0.3, 0.4) is 0 Å². The minimum Gasteiger partial charge on any atom is -0.294 e. The van der Waals surface area contributed by atoms with E-state index in [4.69, 9.17) is 5.26 Å². The summed E-state index contributed by atoms with van der Waals surface area (Å²) in [6.07, 6.45) is 0.229. The van der Waals surface area contributed by atoms with Gasteiger partial charge in [-0.25, -0.2) is 0 Å². The molecular formula is C11H9N3OS. The van der Waals surface area contributed by atoms with E-state index in [1.54, 1.807) is 19.1 Å². The lowest BCUT2D eigenvalue weighted by molar-refractivity contribution is 0.0933. The highest BCUT2D eigenvalue weighted by Crippen LogP contribution is 2.20. The van der Waals surface area contributed by atoms with Crippen molar-refractivity contribution < 1.29 is 4.79 Å². The Kier molecular flexibility index (Phi) is 2.93. The molecule has 2 rings (SSSR count). The minimum absolute atomic E-state index is 0.0418. The van der Waals surface area contributed by atoms with Gasteiger partial charge in [-0.2, -0.15) is 14.0 Å². The first-order valence-corrected chi connectivity index (χ1v) is 5.59. The Hall–Kier alpha value is -1.80. The molecule has 0 fully saturated rings. The van der Waals surface area contributed by atoms with Gasteiger partial charge in [0.15, 0.2) is 5.78 Å². The number of benzene rings is 1. The molecule has 1 atom stereocenters. The molecule has 0 spiro atoms. The molecule has 5 heteroatoms. The maximum Gasteiger partial charge on any atom is 0.168 e. The summed E-state index contributed by atoms with van der Waals surface area (Å²) < 4.78 is 8.19. The molecular weight excluding hydrogens is 222 g/mol. The zero-order valence-electron chi connectivity index (χ0n) is 8.67. The van der Waals surface area contributed by atoms with Gasteiger partial charge in [-0.05, 0) is 12.1 Å². The van der Waals surface area contributed by atoms with Crippen molar-refractivity contribution in [2.24, 2.45) is 5.92 Å². The second-order valence-corrected chi connectivity index (χ2v) is 4.09. The van der Waals surface area contributed by atoms with Crippen molar-refractivity contribution in [1.82, 2.24) is 8.75 Å². The van der Waals surface area contributed by atoms with Crippen molar-refractivity contribution >= 4 is 28.5 Å². The highest BCUT2D eigenvalue weighted by atomic mass is 32.1. The molecule has 4 nitrogen and oxygen atoms in total. The number of Topliss-reactive ketones (excluding diaryl/α,β-unsaturated/α-hetero) is 1. The Morgan fingerprint density at radius 1 is 1.56 bits per heavy atom. The first kappa shape index (κ1) is 10.7. The molecule has 0 aliphatic heterocycles. The number of carbonyl (C=O) groups excluding carboxylic acids is 1. The lowest BCUT2D eigenvalue weighted by Crippen LogP contribution is -2.11. The van der Waals surface area contributed by atoms with Crippen LogP contribution in [-0.4, -0.2) is 14.5 Å². The molecule has 0 saturated carbocycles. The van der Waals surface area contributed by atoms with Gasteiger partial charge in [0, 0.05) is 17.9 Å². The molecule has 16 heavy (non-hydrogen) atoms. The van der Waals surface area contributed by atoms with Crippen LogP contribution in [0.1, 0.15) is 23.7 Å². The van der Waals surface area contributed by atoms with E-state index in [0.717, 1.165) is 17.2 Å². The number of carbonyl (C=O) groups is 1. The second-order valence-electron chi connectivity index (χ2n) is 3.57. The smallest absolute Gasteiger partial charge is 0.168 e. The lowest BCUT2D eigenvalue weighted by Gasteiger charge is -2.05. The number of rotatable bonds is 3. The number of hydrogen-bond acceptors (Lipinski definition) is 5. The largest absolute Gasteiger partial charge is 0.294 e. The Morgan fingerprint density at radius 2 is 2.38 bits per heavy atom. The zero-order chi connectivity index (χ0) is 11.5. The van der Waals surface area contributed by atoms with Gasteiger partial charge in [0.05, 0.1) is 17.8 Å². The topological polar surface area (TPSA) is 66.6 Å². The highest BCUT2D eigenvalue weighted by molar-refractivity contribution is 7.00. The lowest BCUT2D eigenvalue weighted by atomic mass is 9.96. The van der Waals surface area contributed by atoms with Crippen LogP contribution in [0.2, 0.25) is 0 Å². The van der Waals surface area contributed by atoms with E-state index in [-0.39, 0.29) is 18.1 Å². The standard InChI is InChI=1S/C11H9N3OS/c1-7(5-6-12)11(15)8-3-2-4-9-10(8)14-16-13-9/h2-4,7H,5H2,1H3. The van der Waals surface area contributed by atoms with E-state index >= 15 is 0 Å². The van der Waals surface area contributed by atoms with Crippen LogP contribution >= 0.6 is 11.7 Å². The predicted octanol–water partition coefficient (Wildman–Crippen LogP) is 2.42. The van der Waals surface area contributed by atoms with E-state index < -0.39 is 0 Å². The number of nitriles is 1. The van der Waals surface area contributed by atoms with E-state index in [1.807, 2.05) is 12.1 Å². The summed E-state index contributed by atoms with van der Waals surface area (Å²) in [6.45, 7) is 1.75. The van der Waals surface area contributed by atoms with Crippen LogP contribution in [0.5, 0.6) is 0 Å². The van der Waals surface area contributed by atoms with Gasteiger partial charge < -0.3 is 0 Å². The fourth-order valence-electron chi connectivity index (χ4n) is 1.50. The third-order valence-corrected chi connectivity index (χ3v) is 2.94. The summed E-state index contributed by atoms with van der Waals surface area (Å²) >= 11 is 1.09. The first-order chi connectivity index (χ1) is 7.74. The Balaban J connectivity index is 2.44. The van der Waals surface area contributed by atoms with Crippen LogP contribution in [0.15, 0.2) is 18.2 Å². The van der Waals surface area contributed by atoms with Crippen LogP contribution < -0.4 is 0 Å². The van der Waals surface area contributed by atoms with Gasteiger partial charge in [-0.1, -0.05) is 13.0 Å². The van der Waals surface area contributed by atoms with Crippen molar-refractivity contribution in [2.45, 2.75) is 13.3 Å². The average molecular weight is 231 g/mol. The maximum atomic E-state index is 12.0. The summed E-state index contributed by atoms with van der Waals surface area (Å²) in [5.74, 6) is -0.336. The molecule has 1 unspecified atom stereocenters. The fraction of sp³-hybridized carbons (Fsp3) is 0.273. The summed E-state index contributed by atoms with van der Waals surface area (Å²) in [5, 5.41) is 8.58. The van der Waals surface area contributed by atoms with Gasteiger partial charge in [0.1, 0.15) is 11.0 Å². The van der Waals surface area contributed by atoms with E-state index in [0.29, 0.717) is 11.1 Å². The molecule has 0 radical (unpaired) electrons. The third kappa shape index (κ3) is 1.79. The highest BCUT2D eigenvalue weighted by Gasteiger charge is 2.18.